The number of aliphatic hydroxyl groups is 1. The van der Waals surface area contributed by atoms with Gasteiger partial charge in [0.05, 0.1) is 11.7 Å². The quantitative estimate of drug-likeness (QED) is 0.830. The molecule has 0 aromatic carbocycles. The van der Waals surface area contributed by atoms with E-state index < -0.39 is 0 Å². The Kier molecular flexibility index (Phi) is 5.51. The number of carbonyl (C=O) groups is 1. The van der Waals surface area contributed by atoms with Crippen LogP contribution in [-0.2, 0) is 0 Å². The van der Waals surface area contributed by atoms with Crippen molar-refractivity contribution in [2.24, 2.45) is 0 Å². The van der Waals surface area contributed by atoms with Gasteiger partial charge in [-0.1, -0.05) is 24.4 Å². The van der Waals surface area contributed by atoms with Crippen molar-refractivity contribution < 1.29 is 9.90 Å². The highest BCUT2D eigenvalue weighted by molar-refractivity contribution is 6.29. The molecule has 1 saturated heterocycles. The molecule has 5 nitrogen and oxygen atoms in total. The highest BCUT2D eigenvalue weighted by Crippen LogP contribution is 2.26. The standard InChI is InChI=1S/C17H24ClN3O2/c18-16-6-5-12(11-19-16)17(23)20-13-7-9-21(10-8-13)14-3-1-2-4-15(14)22/h5-6,11,13-15,22H,1-4,7-10H2,(H,20,23). The van der Waals surface area contributed by atoms with Gasteiger partial charge in [-0.15, -0.1) is 0 Å². The monoisotopic (exact) mass is 337 g/mol. The minimum Gasteiger partial charge on any atom is -0.391 e. The Morgan fingerprint density at radius 1 is 1.22 bits per heavy atom. The van der Waals surface area contributed by atoms with E-state index in [9.17, 15) is 9.90 Å². The number of carbonyl (C=O) groups excluding carboxylic acids is 1. The molecule has 1 aliphatic heterocycles. The predicted octanol–water partition coefficient (Wildman–Crippen LogP) is 2.23. The summed E-state index contributed by atoms with van der Waals surface area (Å²) >= 11 is 5.74. The van der Waals surface area contributed by atoms with Gasteiger partial charge < -0.3 is 10.4 Å². The summed E-state index contributed by atoms with van der Waals surface area (Å²) in [6.45, 7) is 1.87. The zero-order valence-corrected chi connectivity index (χ0v) is 14.0. The van der Waals surface area contributed by atoms with Gasteiger partial charge in [0.25, 0.3) is 5.91 Å². The second-order valence-corrected chi connectivity index (χ2v) is 6.96. The third-order valence-corrected chi connectivity index (χ3v) is 5.24. The van der Waals surface area contributed by atoms with Gasteiger partial charge in [0.2, 0.25) is 0 Å². The number of aromatic nitrogens is 1. The second kappa shape index (κ2) is 7.60. The summed E-state index contributed by atoms with van der Waals surface area (Å²) in [7, 11) is 0. The van der Waals surface area contributed by atoms with Gasteiger partial charge in [0.15, 0.2) is 0 Å². The largest absolute Gasteiger partial charge is 0.391 e. The number of pyridine rings is 1. The molecule has 6 heteroatoms. The van der Waals surface area contributed by atoms with E-state index in [1.807, 2.05) is 0 Å². The van der Waals surface area contributed by atoms with E-state index in [-0.39, 0.29) is 18.1 Å². The molecular formula is C17H24ClN3O2. The van der Waals surface area contributed by atoms with Gasteiger partial charge in [0, 0.05) is 31.4 Å². The van der Waals surface area contributed by atoms with Crippen molar-refractivity contribution in [3.05, 3.63) is 29.0 Å². The van der Waals surface area contributed by atoms with Crippen LogP contribution < -0.4 is 5.32 Å². The Hall–Kier alpha value is -1.17. The number of halogens is 1. The predicted molar refractivity (Wildman–Crippen MR) is 89.6 cm³/mol. The summed E-state index contributed by atoms with van der Waals surface area (Å²) in [5, 5.41) is 13.6. The molecule has 2 heterocycles. The SMILES string of the molecule is O=C(NC1CCN(C2CCCCC2O)CC1)c1ccc(Cl)nc1. The minimum atomic E-state index is -0.185. The van der Waals surface area contributed by atoms with Crippen molar-refractivity contribution in [1.82, 2.24) is 15.2 Å². The lowest BCUT2D eigenvalue weighted by atomic mass is 9.89. The molecule has 0 bridgehead atoms. The van der Waals surface area contributed by atoms with Gasteiger partial charge in [-0.05, 0) is 37.8 Å². The van der Waals surface area contributed by atoms with Crippen LogP contribution in [0.15, 0.2) is 18.3 Å². The zero-order valence-electron chi connectivity index (χ0n) is 13.2. The Labute approximate surface area is 142 Å². The lowest BCUT2D eigenvalue weighted by Gasteiger charge is -2.41. The molecule has 1 aliphatic carbocycles. The molecular weight excluding hydrogens is 314 g/mol. The van der Waals surface area contributed by atoms with E-state index in [0.717, 1.165) is 45.2 Å². The highest BCUT2D eigenvalue weighted by atomic mass is 35.5. The smallest absolute Gasteiger partial charge is 0.253 e. The van der Waals surface area contributed by atoms with Crippen LogP contribution in [0.1, 0.15) is 48.9 Å². The first kappa shape index (κ1) is 16.7. The van der Waals surface area contributed by atoms with Crippen LogP contribution in [0.2, 0.25) is 5.15 Å². The maximum Gasteiger partial charge on any atom is 0.253 e. The summed E-state index contributed by atoms with van der Waals surface area (Å²) < 4.78 is 0. The van der Waals surface area contributed by atoms with Crippen LogP contribution in [0.4, 0.5) is 0 Å². The molecule has 2 N–H and O–H groups in total. The number of amides is 1. The molecule has 2 unspecified atom stereocenters. The summed E-state index contributed by atoms with van der Waals surface area (Å²) in [4.78, 5) is 18.6. The fourth-order valence-corrected chi connectivity index (χ4v) is 3.78. The summed E-state index contributed by atoms with van der Waals surface area (Å²) in [6, 6.07) is 3.82. The molecule has 3 rings (SSSR count). The van der Waals surface area contributed by atoms with Gasteiger partial charge >= 0.3 is 0 Å². The van der Waals surface area contributed by atoms with E-state index in [1.165, 1.54) is 12.6 Å². The number of nitrogens with one attached hydrogen (secondary N) is 1. The molecule has 0 spiro atoms. The Bertz CT molecular complexity index is 529. The number of hydrogen-bond acceptors (Lipinski definition) is 4. The lowest BCUT2D eigenvalue weighted by molar-refractivity contribution is 0.00727. The number of aliphatic hydroxyl groups excluding tert-OH is 1. The van der Waals surface area contributed by atoms with Crippen molar-refractivity contribution in [2.75, 3.05) is 13.1 Å². The lowest BCUT2D eigenvalue weighted by Crippen LogP contribution is -2.52. The third-order valence-electron chi connectivity index (χ3n) is 5.02. The molecule has 1 aromatic heterocycles. The number of nitrogens with zero attached hydrogens (tertiary/aromatic N) is 2. The molecule has 2 atom stereocenters. The molecule has 2 fully saturated rings. The van der Waals surface area contributed by atoms with Crippen molar-refractivity contribution in [3.8, 4) is 0 Å². The molecule has 1 aromatic rings. The van der Waals surface area contributed by atoms with E-state index in [0.29, 0.717) is 16.8 Å². The van der Waals surface area contributed by atoms with Crippen LogP contribution in [-0.4, -0.2) is 52.2 Å². The van der Waals surface area contributed by atoms with E-state index in [2.05, 4.69) is 15.2 Å². The maximum atomic E-state index is 12.2. The third kappa shape index (κ3) is 4.22. The summed E-state index contributed by atoms with van der Waals surface area (Å²) in [6.07, 6.45) is 7.54. The number of rotatable bonds is 3. The topological polar surface area (TPSA) is 65.5 Å². The summed E-state index contributed by atoms with van der Waals surface area (Å²) in [5.41, 5.74) is 0.541. The van der Waals surface area contributed by atoms with Crippen LogP contribution >= 0.6 is 11.6 Å². The van der Waals surface area contributed by atoms with Crippen LogP contribution in [0.5, 0.6) is 0 Å². The van der Waals surface area contributed by atoms with Crippen LogP contribution in [0.3, 0.4) is 0 Å². The number of hydrogen-bond donors (Lipinski definition) is 2. The van der Waals surface area contributed by atoms with Crippen molar-refractivity contribution in [2.45, 2.75) is 56.7 Å². The van der Waals surface area contributed by atoms with Gasteiger partial charge in [-0.25, -0.2) is 4.98 Å². The Balaban J connectivity index is 1.49. The molecule has 1 saturated carbocycles. The molecule has 2 aliphatic rings. The average Bonchev–Trinajstić information content (AvgIpc) is 2.57. The van der Waals surface area contributed by atoms with E-state index >= 15 is 0 Å². The fraction of sp³-hybridized carbons (Fsp3) is 0.647. The highest BCUT2D eigenvalue weighted by Gasteiger charge is 2.31. The van der Waals surface area contributed by atoms with Gasteiger partial charge in [0.1, 0.15) is 5.15 Å². The first-order chi connectivity index (χ1) is 11.1. The zero-order chi connectivity index (χ0) is 16.2. The summed E-state index contributed by atoms with van der Waals surface area (Å²) in [5.74, 6) is -0.0923. The normalized spacial score (nSPS) is 26.9. The van der Waals surface area contributed by atoms with Gasteiger partial charge in [-0.3, -0.25) is 9.69 Å². The van der Waals surface area contributed by atoms with E-state index in [4.69, 9.17) is 11.6 Å². The second-order valence-electron chi connectivity index (χ2n) is 6.57. The molecule has 126 valence electrons. The Morgan fingerprint density at radius 3 is 2.61 bits per heavy atom. The maximum absolute atomic E-state index is 12.2. The van der Waals surface area contributed by atoms with Crippen molar-refractivity contribution in [3.63, 3.8) is 0 Å². The minimum absolute atomic E-state index is 0.0923. The first-order valence-corrected chi connectivity index (χ1v) is 8.86. The Morgan fingerprint density at radius 2 is 1.96 bits per heavy atom. The van der Waals surface area contributed by atoms with Crippen molar-refractivity contribution >= 4 is 17.5 Å². The number of piperidine rings is 1. The molecule has 23 heavy (non-hydrogen) atoms. The van der Waals surface area contributed by atoms with Crippen molar-refractivity contribution in [1.29, 1.82) is 0 Å². The average molecular weight is 338 g/mol. The van der Waals surface area contributed by atoms with Crippen LogP contribution in [0.25, 0.3) is 0 Å². The first-order valence-electron chi connectivity index (χ1n) is 8.48. The van der Waals surface area contributed by atoms with E-state index in [1.54, 1.807) is 12.1 Å². The van der Waals surface area contributed by atoms with Gasteiger partial charge in [-0.2, -0.15) is 0 Å². The molecule has 0 radical (unpaired) electrons. The molecule has 1 amide bonds. The van der Waals surface area contributed by atoms with Crippen LogP contribution in [0, 0.1) is 0 Å². The number of likely N-dealkylation sites (tertiary alicyclic amines) is 1. The fourth-order valence-electron chi connectivity index (χ4n) is 3.67.